The maximum atomic E-state index is 11.6. The summed E-state index contributed by atoms with van der Waals surface area (Å²) in [5, 5.41) is 12.9. The van der Waals surface area contributed by atoms with Crippen molar-refractivity contribution in [2.24, 2.45) is 0 Å². The molecule has 0 bridgehead atoms. The van der Waals surface area contributed by atoms with Crippen molar-refractivity contribution in [3.8, 4) is 11.3 Å². The van der Waals surface area contributed by atoms with Gasteiger partial charge in [0.05, 0.1) is 7.11 Å². The second-order valence-corrected chi connectivity index (χ2v) is 3.35. The maximum Gasteiger partial charge on any atom is 0.343 e. The minimum absolute atomic E-state index is 0.107. The summed E-state index contributed by atoms with van der Waals surface area (Å²) >= 11 is 0. The third kappa shape index (κ3) is 2.05. The molecular formula is C12H11NO4. The van der Waals surface area contributed by atoms with Gasteiger partial charge in [-0.1, -0.05) is 35.5 Å². The molecule has 0 fully saturated rings. The van der Waals surface area contributed by atoms with Crippen LogP contribution in [0, 0.1) is 0 Å². The quantitative estimate of drug-likeness (QED) is 0.815. The lowest BCUT2D eigenvalue weighted by Gasteiger charge is -2.00. The highest BCUT2D eigenvalue weighted by Crippen LogP contribution is 2.25. The third-order valence-corrected chi connectivity index (χ3v) is 2.34. The van der Waals surface area contributed by atoms with Gasteiger partial charge in [-0.05, 0) is 0 Å². The SMILES string of the molecule is COC(=O)c1c(-c2ccccc2)noc1CO. The number of carbonyl (C=O) groups is 1. The first kappa shape index (κ1) is 11.3. The van der Waals surface area contributed by atoms with Gasteiger partial charge in [-0.15, -0.1) is 0 Å². The average molecular weight is 233 g/mol. The van der Waals surface area contributed by atoms with Gasteiger partial charge in [0, 0.05) is 5.56 Å². The number of ether oxygens (including phenoxy) is 1. The number of benzene rings is 1. The molecule has 0 aliphatic heterocycles. The molecule has 5 nitrogen and oxygen atoms in total. The number of nitrogens with zero attached hydrogens (tertiary/aromatic N) is 1. The number of rotatable bonds is 3. The van der Waals surface area contributed by atoms with Gasteiger partial charge in [-0.25, -0.2) is 4.79 Å². The number of esters is 1. The van der Waals surface area contributed by atoms with Crippen molar-refractivity contribution in [2.45, 2.75) is 6.61 Å². The molecule has 0 unspecified atom stereocenters. The molecule has 0 atom stereocenters. The Morgan fingerprint density at radius 1 is 1.41 bits per heavy atom. The van der Waals surface area contributed by atoms with E-state index >= 15 is 0 Å². The molecule has 1 heterocycles. The van der Waals surface area contributed by atoms with Gasteiger partial charge in [0.1, 0.15) is 17.9 Å². The molecule has 0 amide bonds. The van der Waals surface area contributed by atoms with Gasteiger partial charge < -0.3 is 14.4 Å². The van der Waals surface area contributed by atoms with Crippen LogP contribution < -0.4 is 0 Å². The Morgan fingerprint density at radius 2 is 2.12 bits per heavy atom. The number of hydrogen-bond donors (Lipinski definition) is 1. The van der Waals surface area contributed by atoms with Crippen LogP contribution in [0.2, 0.25) is 0 Å². The van der Waals surface area contributed by atoms with Gasteiger partial charge in [0.25, 0.3) is 0 Å². The predicted molar refractivity (Wildman–Crippen MR) is 59.2 cm³/mol. The fourth-order valence-electron chi connectivity index (χ4n) is 1.54. The molecule has 1 aromatic carbocycles. The van der Waals surface area contributed by atoms with E-state index in [-0.39, 0.29) is 11.3 Å². The summed E-state index contributed by atoms with van der Waals surface area (Å²) in [5.41, 5.74) is 1.28. The molecule has 0 aliphatic carbocycles. The van der Waals surface area contributed by atoms with Crippen LogP contribution in [0.1, 0.15) is 16.1 Å². The molecule has 5 heteroatoms. The average Bonchev–Trinajstić information content (AvgIpc) is 2.82. The Labute approximate surface area is 97.6 Å². The number of aliphatic hydroxyl groups is 1. The van der Waals surface area contributed by atoms with E-state index in [1.807, 2.05) is 18.2 Å². The zero-order chi connectivity index (χ0) is 12.3. The van der Waals surface area contributed by atoms with Crippen LogP contribution in [-0.2, 0) is 11.3 Å². The molecule has 88 valence electrons. The van der Waals surface area contributed by atoms with Gasteiger partial charge in [-0.3, -0.25) is 0 Å². The maximum absolute atomic E-state index is 11.6. The Hall–Kier alpha value is -2.14. The first-order chi connectivity index (χ1) is 8.27. The standard InChI is InChI=1S/C12H11NO4/c1-16-12(15)10-9(7-14)17-13-11(10)8-5-3-2-4-6-8/h2-6,14H,7H2,1H3. The highest BCUT2D eigenvalue weighted by atomic mass is 16.5. The summed E-state index contributed by atoms with van der Waals surface area (Å²) in [4.78, 5) is 11.6. The van der Waals surface area contributed by atoms with E-state index in [0.29, 0.717) is 5.69 Å². The summed E-state index contributed by atoms with van der Waals surface area (Å²) in [6, 6.07) is 9.10. The first-order valence-corrected chi connectivity index (χ1v) is 5.01. The van der Waals surface area contributed by atoms with Crippen molar-refractivity contribution in [3.05, 3.63) is 41.7 Å². The topological polar surface area (TPSA) is 72.6 Å². The fraction of sp³-hybridized carbons (Fsp3) is 0.167. The Bertz CT molecular complexity index is 519. The molecule has 2 rings (SSSR count). The van der Waals surface area contributed by atoms with Crippen LogP contribution in [0.3, 0.4) is 0 Å². The first-order valence-electron chi connectivity index (χ1n) is 5.01. The van der Waals surface area contributed by atoms with Crippen LogP contribution >= 0.6 is 0 Å². The van der Waals surface area contributed by atoms with Crippen LogP contribution in [-0.4, -0.2) is 23.3 Å². The summed E-state index contributed by atoms with van der Waals surface area (Å²) in [5.74, 6) is -0.468. The van der Waals surface area contributed by atoms with E-state index in [1.54, 1.807) is 12.1 Å². The van der Waals surface area contributed by atoms with E-state index in [0.717, 1.165) is 5.56 Å². The van der Waals surface area contributed by atoms with E-state index in [1.165, 1.54) is 7.11 Å². The highest BCUT2D eigenvalue weighted by molar-refractivity contribution is 5.97. The monoisotopic (exact) mass is 233 g/mol. The molecule has 0 aliphatic rings. The molecule has 0 saturated heterocycles. The van der Waals surface area contributed by atoms with Gasteiger partial charge >= 0.3 is 5.97 Å². The summed E-state index contributed by atoms with van der Waals surface area (Å²) < 4.78 is 9.57. The molecule has 2 aromatic rings. The smallest absolute Gasteiger partial charge is 0.343 e. The lowest BCUT2D eigenvalue weighted by Crippen LogP contribution is -2.05. The summed E-state index contributed by atoms with van der Waals surface area (Å²) in [6.07, 6.45) is 0. The minimum atomic E-state index is -0.575. The van der Waals surface area contributed by atoms with Crippen LogP contribution in [0.5, 0.6) is 0 Å². The van der Waals surface area contributed by atoms with Crippen molar-refractivity contribution in [1.82, 2.24) is 5.16 Å². The normalized spacial score (nSPS) is 10.2. The van der Waals surface area contributed by atoms with Gasteiger partial charge in [0.2, 0.25) is 0 Å². The molecule has 17 heavy (non-hydrogen) atoms. The van der Waals surface area contributed by atoms with Crippen molar-refractivity contribution >= 4 is 5.97 Å². The van der Waals surface area contributed by atoms with Crippen LogP contribution in [0.15, 0.2) is 34.9 Å². The summed E-state index contributed by atoms with van der Waals surface area (Å²) in [7, 11) is 1.27. The molecule has 0 radical (unpaired) electrons. The lowest BCUT2D eigenvalue weighted by molar-refractivity contribution is 0.0595. The van der Waals surface area contributed by atoms with Gasteiger partial charge in [-0.2, -0.15) is 0 Å². The summed E-state index contributed by atoms with van der Waals surface area (Å²) in [6.45, 7) is -0.399. The molecule has 1 N–H and O–H groups in total. The van der Waals surface area contributed by atoms with E-state index in [4.69, 9.17) is 9.63 Å². The molecule has 0 saturated carbocycles. The number of aliphatic hydroxyl groups excluding tert-OH is 1. The zero-order valence-corrected chi connectivity index (χ0v) is 9.21. The second-order valence-electron chi connectivity index (χ2n) is 3.35. The van der Waals surface area contributed by atoms with Crippen LogP contribution in [0.25, 0.3) is 11.3 Å². The molecule has 0 spiro atoms. The Morgan fingerprint density at radius 3 is 2.71 bits per heavy atom. The Balaban J connectivity index is 2.55. The highest BCUT2D eigenvalue weighted by Gasteiger charge is 2.23. The minimum Gasteiger partial charge on any atom is -0.465 e. The second kappa shape index (κ2) is 4.80. The zero-order valence-electron chi connectivity index (χ0n) is 9.21. The fourth-order valence-corrected chi connectivity index (χ4v) is 1.54. The third-order valence-electron chi connectivity index (χ3n) is 2.34. The van der Waals surface area contributed by atoms with Crippen molar-refractivity contribution < 1.29 is 19.2 Å². The number of hydrogen-bond acceptors (Lipinski definition) is 5. The van der Waals surface area contributed by atoms with Gasteiger partial charge in [0.15, 0.2) is 5.76 Å². The van der Waals surface area contributed by atoms with Crippen molar-refractivity contribution in [1.29, 1.82) is 0 Å². The van der Waals surface area contributed by atoms with E-state index < -0.39 is 12.6 Å². The molecule has 1 aromatic heterocycles. The molecular weight excluding hydrogens is 222 g/mol. The van der Waals surface area contributed by atoms with Crippen LogP contribution in [0.4, 0.5) is 0 Å². The van der Waals surface area contributed by atoms with E-state index in [9.17, 15) is 4.79 Å². The van der Waals surface area contributed by atoms with Crippen molar-refractivity contribution in [3.63, 3.8) is 0 Å². The Kier molecular flexibility index (Phi) is 3.20. The number of carbonyl (C=O) groups excluding carboxylic acids is 1. The number of aromatic nitrogens is 1. The van der Waals surface area contributed by atoms with Crippen molar-refractivity contribution in [2.75, 3.05) is 7.11 Å². The lowest BCUT2D eigenvalue weighted by atomic mass is 10.1. The number of methoxy groups -OCH3 is 1. The largest absolute Gasteiger partial charge is 0.465 e. The van der Waals surface area contributed by atoms with E-state index in [2.05, 4.69) is 9.89 Å². The predicted octanol–water partition coefficient (Wildman–Crippen LogP) is 1.62.